The number of aromatic amines is 1. The molecule has 4 aromatic rings. The van der Waals surface area contributed by atoms with Crippen molar-refractivity contribution in [3.63, 3.8) is 0 Å². The quantitative estimate of drug-likeness (QED) is 0.490. The van der Waals surface area contributed by atoms with Gasteiger partial charge >= 0.3 is 0 Å². The monoisotopic (exact) mass is 281 g/mol. The van der Waals surface area contributed by atoms with Crippen LogP contribution in [0.5, 0.6) is 0 Å². The van der Waals surface area contributed by atoms with Crippen LogP contribution >= 0.6 is 22.7 Å². The largest absolute Gasteiger partial charge is 0.354 e. The molecule has 1 N–H and O–H groups in total. The van der Waals surface area contributed by atoms with Crippen molar-refractivity contribution in [3.05, 3.63) is 59.3 Å². The molecule has 0 spiro atoms. The number of thiophene rings is 2. The number of nitrogens with one attached hydrogen (secondary N) is 1. The Morgan fingerprint density at radius 1 is 0.789 bits per heavy atom. The molecule has 0 amide bonds. The summed E-state index contributed by atoms with van der Waals surface area (Å²) in [6, 6.07) is 17.2. The van der Waals surface area contributed by atoms with E-state index in [0.717, 1.165) is 0 Å². The first kappa shape index (κ1) is 11.0. The SMILES string of the molecule is c1csc(-c2cc3c(-c4cccs4)cccc3[nH]2)c1. The molecule has 0 saturated heterocycles. The zero-order valence-corrected chi connectivity index (χ0v) is 11.7. The Morgan fingerprint density at radius 3 is 2.32 bits per heavy atom. The van der Waals surface area contributed by atoms with Crippen LogP contribution in [0, 0.1) is 0 Å². The molecule has 0 unspecified atom stereocenters. The van der Waals surface area contributed by atoms with Gasteiger partial charge in [0, 0.05) is 21.3 Å². The van der Waals surface area contributed by atoms with Gasteiger partial charge in [-0.05, 0) is 35.0 Å². The first-order valence-corrected chi connectivity index (χ1v) is 7.87. The highest BCUT2D eigenvalue weighted by atomic mass is 32.1. The lowest BCUT2D eigenvalue weighted by molar-refractivity contribution is 1.48. The number of aromatic nitrogens is 1. The predicted molar refractivity (Wildman–Crippen MR) is 84.9 cm³/mol. The molecule has 0 bridgehead atoms. The second-order valence-electron chi connectivity index (χ2n) is 4.40. The third kappa shape index (κ3) is 1.82. The molecule has 1 nitrogen and oxygen atoms in total. The summed E-state index contributed by atoms with van der Waals surface area (Å²) in [5.74, 6) is 0. The van der Waals surface area contributed by atoms with E-state index in [0.29, 0.717) is 0 Å². The zero-order chi connectivity index (χ0) is 12.7. The lowest BCUT2D eigenvalue weighted by Gasteiger charge is -1.98. The fraction of sp³-hybridized carbons (Fsp3) is 0. The van der Waals surface area contributed by atoms with E-state index < -0.39 is 0 Å². The lowest BCUT2D eigenvalue weighted by atomic mass is 10.1. The van der Waals surface area contributed by atoms with Crippen LogP contribution in [0.2, 0.25) is 0 Å². The maximum atomic E-state index is 3.52. The van der Waals surface area contributed by atoms with Crippen molar-refractivity contribution < 1.29 is 0 Å². The van der Waals surface area contributed by atoms with Crippen LogP contribution in [-0.4, -0.2) is 4.98 Å². The van der Waals surface area contributed by atoms with E-state index in [-0.39, 0.29) is 0 Å². The summed E-state index contributed by atoms with van der Waals surface area (Å²) in [5, 5.41) is 5.54. The summed E-state index contributed by atoms with van der Waals surface area (Å²) in [5.41, 5.74) is 3.72. The molecule has 3 aromatic heterocycles. The minimum atomic E-state index is 1.20. The fourth-order valence-electron chi connectivity index (χ4n) is 2.37. The van der Waals surface area contributed by atoms with Crippen molar-refractivity contribution in [3.8, 4) is 21.0 Å². The fourth-order valence-corrected chi connectivity index (χ4v) is 3.83. The summed E-state index contributed by atoms with van der Waals surface area (Å²) < 4.78 is 0. The Balaban J connectivity index is 1.97. The van der Waals surface area contributed by atoms with Crippen molar-refractivity contribution in [2.24, 2.45) is 0 Å². The van der Waals surface area contributed by atoms with Gasteiger partial charge in [-0.15, -0.1) is 22.7 Å². The van der Waals surface area contributed by atoms with Gasteiger partial charge in [0.05, 0.1) is 10.6 Å². The van der Waals surface area contributed by atoms with Crippen LogP contribution in [0.25, 0.3) is 31.9 Å². The number of H-pyrrole nitrogens is 1. The van der Waals surface area contributed by atoms with E-state index in [4.69, 9.17) is 0 Å². The topological polar surface area (TPSA) is 15.8 Å². The second-order valence-corrected chi connectivity index (χ2v) is 6.30. The normalized spacial score (nSPS) is 11.2. The predicted octanol–water partition coefficient (Wildman–Crippen LogP) is 5.62. The maximum Gasteiger partial charge on any atom is 0.0566 e. The van der Waals surface area contributed by atoms with Crippen LogP contribution in [0.4, 0.5) is 0 Å². The van der Waals surface area contributed by atoms with Crippen LogP contribution in [0.1, 0.15) is 0 Å². The Hall–Kier alpha value is -1.84. The zero-order valence-electron chi connectivity index (χ0n) is 10.1. The summed E-state index contributed by atoms with van der Waals surface area (Å²) >= 11 is 3.55. The summed E-state index contributed by atoms with van der Waals surface area (Å²) in [6.45, 7) is 0. The average molecular weight is 281 g/mol. The van der Waals surface area contributed by atoms with E-state index in [1.54, 1.807) is 22.7 Å². The van der Waals surface area contributed by atoms with Gasteiger partial charge in [0.2, 0.25) is 0 Å². The Morgan fingerprint density at radius 2 is 1.58 bits per heavy atom. The van der Waals surface area contributed by atoms with Gasteiger partial charge < -0.3 is 4.98 Å². The third-order valence-electron chi connectivity index (χ3n) is 3.24. The number of fused-ring (bicyclic) bond motifs is 1. The van der Waals surface area contributed by atoms with Gasteiger partial charge in [-0.1, -0.05) is 24.3 Å². The molecule has 0 fully saturated rings. The van der Waals surface area contributed by atoms with Crippen molar-refractivity contribution in [2.45, 2.75) is 0 Å². The van der Waals surface area contributed by atoms with Gasteiger partial charge in [0.1, 0.15) is 0 Å². The van der Waals surface area contributed by atoms with E-state index in [1.807, 2.05) is 0 Å². The van der Waals surface area contributed by atoms with Gasteiger partial charge in [-0.2, -0.15) is 0 Å². The number of hydrogen-bond donors (Lipinski definition) is 1. The molecule has 1 aromatic carbocycles. The molecule has 0 aliphatic heterocycles. The van der Waals surface area contributed by atoms with Crippen LogP contribution in [0.3, 0.4) is 0 Å². The minimum absolute atomic E-state index is 1.20. The first-order valence-electron chi connectivity index (χ1n) is 6.11. The average Bonchev–Trinajstić information content (AvgIpc) is 3.18. The summed E-state index contributed by atoms with van der Waals surface area (Å²) in [6.07, 6.45) is 0. The lowest BCUT2D eigenvalue weighted by Crippen LogP contribution is -1.73. The van der Waals surface area contributed by atoms with Crippen LogP contribution < -0.4 is 0 Å². The molecule has 0 aliphatic carbocycles. The molecular formula is C16H11NS2. The van der Waals surface area contributed by atoms with Gasteiger partial charge in [0.15, 0.2) is 0 Å². The molecule has 3 heteroatoms. The molecule has 0 aliphatic rings. The van der Waals surface area contributed by atoms with Crippen molar-refractivity contribution >= 4 is 33.6 Å². The highest BCUT2D eigenvalue weighted by Gasteiger charge is 2.09. The Kier molecular flexibility index (Phi) is 2.53. The summed E-state index contributed by atoms with van der Waals surface area (Å²) in [4.78, 5) is 6.12. The molecule has 0 atom stereocenters. The number of benzene rings is 1. The maximum absolute atomic E-state index is 3.52. The van der Waals surface area contributed by atoms with Gasteiger partial charge in [-0.25, -0.2) is 0 Å². The first-order chi connectivity index (χ1) is 9.42. The molecule has 0 radical (unpaired) electrons. The highest BCUT2D eigenvalue weighted by Crippen LogP contribution is 2.35. The summed E-state index contributed by atoms with van der Waals surface area (Å²) in [7, 11) is 0. The van der Waals surface area contributed by atoms with E-state index in [1.165, 1.54) is 31.9 Å². The van der Waals surface area contributed by atoms with Crippen molar-refractivity contribution in [1.29, 1.82) is 0 Å². The second kappa shape index (κ2) is 4.37. The van der Waals surface area contributed by atoms with Gasteiger partial charge in [-0.3, -0.25) is 0 Å². The standard InChI is InChI=1S/C16H11NS2/c1-4-11(15-6-2-8-18-15)12-10-14(17-13(12)5-1)16-7-3-9-19-16/h1-10,17H. The Bertz CT molecular complexity index is 808. The third-order valence-corrected chi connectivity index (χ3v) is 5.04. The number of rotatable bonds is 2. The molecule has 3 heterocycles. The van der Waals surface area contributed by atoms with E-state index >= 15 is 0 Å². The molecular weight excluding hydrogens is 270 g/mol. The van der Waals surface area contributed by atoms with Crippen LogP contribution in [-0.2, 0) is 0 Å². The van der Waals surface area contributed by atoms with E-state index in [9.17, 15) is 0 Å². The molecule has 19 heavy (non-hydrogen) atoms. The minimum Gasteiger partial charge on any atom is -0.354 e. The van der Waals surface area contributed by atoms with E-state index in [2.05, 4.69) is 64.3 Å². The highest BCUT2D eigenvalue weighted by molar-refractivity contribution is 7.14. The van der Waals surface area contributed by atoms with Crippen LogP contribution in [0.15, 0.2) is 59.3 Å². The molecule has 92 valence electrons. The smallest absolute Gasteiger partial charge is 0.0566 e. The van der Waals surface area contributed by atoms with Crippen molar-refractivity contribution in [1.82, 2.24) is 4.98 Å². The van der Waals surface area contributed by atoms with Gasteiger partial charge in [0.25, 0.3) is 0 Å². The molecule has 4 rings (SSSR count). The number of hydrogen-bond acceptors (Lipinski definition) is 2. The molecule has 0 saturated carbocycles. The van der Waals surface area contributed by atoms with Crippen molar-refractivity contribution in [2.75, 3.05) is 0 Å². The Labute approximate surface area is 119 Å².